The number of hydrogen-bond acceptors (Lipinski definition) is 6. The van der Waals surface area contributed by atoms with Gasteiger partial charge in [-0.15, -0.1) is 0 Å². The van der Waals surface area contributed by atoms with E-state index >= 15 is 0 Å². The Hall–Kier alpha value is -2.32. The number of methoxy groups -OCH3 is 1. The van der Waals surface area contributed by atoms with Crippen molar-refractivity contribution in [3.63, 3.8) is 0 Å². The molecule has 0 aromatic heterocycles. The molecular formula is C28H34O5S2. The van der Waals surface area contributed by atoms with E-state index in [0.29, 0.717) is 18.1 Å². The minimum Gasteiger partial charge on any atom is -0.491 e. The summed E-state index contributed by atoms with van der Waals surface area (Å²) in [4.78, 5) is 1.03. The zero-order valence-electron chi connectivity index (χ0n) is 21.3. The molecule has 3 aromatic rings. The van der Waals surface area contributed by atoms with Crippen LogP contribution in [0.2, 0.25) is 0 Å². The predicted molar refractivity (Wildman–Crippen MR) is 143 cm³/mol. The summed E-state index contributed by atoms with van der Waals surface area (Å²) < 4.78 is 42.6. The molecule has 0 saturated carbocycles. The van der Waals surface area contributed by atoms with Crippen LogP contribution in [0, 0.1) is 13.8 Å². The lowest BCUT2D eigenvalue weighted by atomic mass is 9.85. The number of aryl methyl sites for hydroxylation is 2. The standard InChI is InChI=1S/C28H34O5S2/c1-20-7-11-23(12-8-20)35(29,30)34-27-14-10-22(18-25(27)28(3,4)5)24-17-21(2)9-13-26(24)33-16-15-32-19-31-6/h7-14,17-18H,15-16,19H2,1-6H3. The van der Waals surface area contributed by atoms with Crippen molar-refractivity contribution in [1.82, 2.24) is 0 Å². The van der Waals surface area contributed by atoms with E-state index in [0.717, 1.165) is 49.3 Å². The first-order valence-corrected chi connectivity index (χ1v) is 14.3. The van der Waals surface area contributed by atoms with E-state index < -0.39 is 8.87 Å². The van der Waals surface area contributed by atoms with Crippen molar-refractivity contribution in [1.29, 1.82) is 0 Å². The highest BCUT2D eigenvalue weighted by Crippen LogP contribution is 2.41. The van der Waals surface area contributed by atoms with Gasteiger partial charge in [0.15, 0.2) is 0 Å². The molecule has 188 valence electrons. The first-order valence-electron chi connectivity index (χ1n) is 11.5. The number of hydrogen-bond donors (Lipinski definition) is 0. The van der Waals surface area contributed by atoms with Crippen LogP contribution in [0.5, 0.6) is 5.75 Å². The van der Waals surface area contributed by atoms with Crippen LogP contribution in [0.25, 0.3) is 11.1 Å². The molecule has 0 atom stereocenters. The molecule has 0 unspecified atom stereocenters. The van der Waals surface area contributed by atoms with E-state index in [4.69, 9.17) is 14.2 Å². The summed E-state index contributed by atoms with van der Waals surface area (Å²) in [5.74, 6) is 0.754. The monoisotopic (exact) mass is 514 g/mol. The van der Waals surface area contributed by atoms with E-state index in [1.54, 1.807) is 19.2 Å². The van der Waals surface area contributed by atoms with Gasteiger partial charge in [0, 0.05) is 28.4 Å². The highest BCUT2D eigenvalue weighted by atomic mass is 33.1. The minimum absolute atomic E-state index is 0.226. The Bertz CT molecular complexity index is 1240. The molecule has 0 bridgehead atoms. The highest BCUT2D eigenvalue weighted by Gasteiger charge is 2.25. The SMILES string of the molecule is COCOCCOc1ccc(C)cc1-c1ccc(SS(=O)(=O)c2ccc(C)cc2)c(C(C)(C)C)c1. The summed E-state index contributed by atoms with van der Waals surface area (Å²) in [6, 6.07) is 19.0. The van der Waals surface area contributed by atoms with Gasteiger partial charge in [-0.1, -0.05) is 56.2 Å². The van der Waals surface area contributed by atoms with Gasteiger partial charge in [-0.3, -0.25) is 0 Å². The Morgan fingerprint density at radius 1 is 0.857 bits per heavy atom. The molecule has 0 aliphatic heterocycles. The van der Waals surface area contributed by atoms with E-state index in [1.165, 1.54) is 0 Å². The third kappa shape index (κ3) is 7.34. The average Bonchev–Trinajstić information content (AvgIpc) is 2.79. The maximum atomic E-state index is 13.2. The highest BCUT2D eigenvalue weighted by molar-refractivity contribution is 8.72. The molecule has 7 heteroatoms. The molecule has 0 spiro atoms. The van der Waals surface area contributed by atoms with Crippen LogP contribution in [0.15, 0.2) is 70.5 Å². The summed E-state index contributed by atoms with van der Waals surface area (Å²) >= 11 is 0. The molecular weight excluding hydrogens is 480 g/mol. The van der Waals surface area contributed by atoms with Crippen molar-refractivity contribution in [2.24, 2.45) is 0 Å². The first-order chi connectivity index (χ1) is 16.5. The van der Waals surface area contributed by atoms with Crippen molar-refractivity contribution >= 4 is 19.7 Å². The first kappa shape index (κ1) is 27.3. The summed E-state index contributed by atoms with van der Waals surface area (Å²) in [7, 11) is -1.07. The summed E-state index contributed by atoms with van der Waals surface area (Å²) in [5.41, 5.74) is 4.77. The third-order valence-electron chi connectivity index (χ3n) is 5.43. The lowest BCUT2D eigenvalue weighted by Gasteiger charge is -2.24. The Morgan fingerprint density at radius 3 is 2.20 bits per heavy atom. The van der Waals surface area contributed by atoms with Crippen LogP contribution in [-0.4, -0.2) is 35.5 Å². The summed E-state index contributed by atoms with van der Waals surface area (Å²) in [6.45, 7) is 11.3. The van der Waals surface area contributed by atoms with Crippen molar-refractivity contribution in [3.8, 4) is 16.9 Å². The zero-order chi connectivity index (χ0) is 25.6. The fraction of sp³-hybridized carbons (Fsp3) is 0.357. The molecule has 0 amide bonds. The van der Waals surface area contributed by atoms with Gasteiger partial charge in [0.1, 0.15) is 19.1 Å². The molecule has 0 heterocycles. The quantitative estimate of drug-likeness (QED) is 0.169. The fourth-order valence-electron chi connectivity index (χ4n) is 3.58. The van der Waals surface area contributed by atoms with Gasteiger partial charge < -0.3 is 14.2 Å². The van der Waals surface area contributed by atoms with Crippen molar-refractivity contribution in [3.05, 3.63) is 77.4 Å². The second-order valence-electron chi connectivity index (χ2n) is 9.47. The third-order valence-corrected chi connectivity index (χ3v) is 8.81. The molecule has 0 aliphatic carbocycles. The van der Waals surface area contributed by atoms with Crippen LogP contribution in [0.3, 0.4) is 0 Å². The Morgan fingerprint density at radius 2 is 1.54 bits per heavy atom. The van der Waals surface area contributed by atoms with E-state index in [1.807, 2.05) is 50.2 Å². The Labute approximate surface area is 213 Å². The number of ether oxygens (including phenoxy) is 3. The minimum atomic E-state index is -3.56. The van der Waals surface area contributed by atoms with Crippen LogP contribution >= 0.6 is 10.8 Å². The van der Waals surface area contributed by atoms with Crippen LogP contribution in [0.1, 0.15) is 37.5 Å². The van der Waals surface area contributed by atoms with Crippen LogP contribution in [-0.2, 0) is 23.8 Å². The smallest absolute Gasteiger partial charge is 0.234 e. The van der Waals surface area contributed by atoms with E-state index in [-0.39, 0.29) is 12.2 Å². The van der Waals surface area contributed by atoms with Gasteiger partial charge in [-0.05, 0) is 66.8 Å². The van der Waals surface area contributed by atoms with Gasteiger partial charge in [0.05, 0.1) is 11.5 Å². The summed E-state index contributed by atoms with van der Waals surface area (Å²) in [5, 5.41) is 0. The summed E-state index contributed by atoms with van der Waals surface area (Å²) in [6.07, 6.45) is 0. The van der Waals surface area contributed by atoms with Gasteiger partial charge in [-0.25, -0.2) is 8.42 Å². The van der Waals surface area contributed by atoms with Crippen LogP contribution < -0.4 is 4.74 Å². The van der Waals surface area contributed by atoms with Crippen molar-refractivity contribution in [2.45, 2.75) is 49.8 Å². The fourth-order valence-corrected chi connectivity index (χ4v) is 6.72. The zero-order valence-corrected chi connectivity index (χ0v) is 22.9. The Balaban J connectivity index is 1.96. The molecule has 0 fully saturated rings. The molecule has 3 rings (SSSR count). The Kier molecular flexibility index (Phi) is 9.05. The van der Waals surface area contributed by atoms with Gasteiger partial charge in [0.2, 0.25) is 8.87 Å². The molecule has 0 radical (unpaired) electrons. The molecule has 0 N–H and O–H groups in total. The lowest BCUT2D eigenvalue weighted by molar-refractivity contribution is -0.0387. The van der Waals surface area contributed by atoms with Gasteiger partial charge in [0.25, 0.3) is 0 Å². The lowest BCUT2D eigenvalue weighted by Crippen LogP contribution is -2.13. The molecule has 0 saturated heterocycles. The van der Waals surface area contributed by atoms with Gasteiger partial charge >= 0.3 is 0 Å². The molecule has 0 aliphatic rings. The normalized spacial score (nSPS) is 12.1. The molecule has 5 nitrogen and oxygen atoms in total. The van der Waals surface area contributed by atoms with Gasteiger partial charge in [-0.2, -0.15) is 0 Å². The topological polar surface area (TPSA) is 61.8 Å². The average molecular weight is 515 g/mol. The van der Waals surface area contributed by atoms with E-state index in [2.05, 4.69) is 32.9 Å². The second-order valence-corrected chi connectivity index (χ2v) is 13.3. The number of benzene rings is 3. The molecule has 3 aromatic carbocycles. The van der Waals surface area contributed by atoms with E-state index in [9.17, 15) is 8.42 Å². The maximum Gasteiger partial charge on any atom is 0.234 e. The largest absolute Gasteiger partial charge is 0.491 e. The van der Waals surface area contributed by atoms with Crippen LogP contribution in [0.4, 0.5) is 0 Å². The van der Waals surface area contributed by atoms with Crippen molar-refractivity contribution in [2.75, 3.05) is 27.1 Å². The van der Waals surface area contributed by atoms with Crippen molar-refractivity contribution < 1.29 is 22.6 Å². The second kappa shape index (κ2) is 11.6. The molecule has 35 heavy (non-hydrogen) atoms. The number of rotatable bonds is 10. The predicted octanol–water partition coefficient (Wildman–Crippen LogP) is 6.75. The maximum absolute atomic E-state index is 13.2.